The summed E-state index contributed by atoms with van der Waals surface area (Å²) in [7, 11) is -2.21. The number of rotatable bonds is 8. The number of nitrogens with two attached hydrogens (primary N) is 1. The molecule has 1 heterocycles. The third kappa shape index (κ3) is 5.24. The monoisotopic (exact) mass is 452 g/mol. The predicted octanol–water partition coefficient (Wildman–Crippen LogP) is 3.07. The van der Waals surface area contributed by atoms with Gasteiger partial charge in [-0.05, 0) is 55.3 Å². The van der Waals surface area contributed by atoms with E-state index in [9.17, 15) is 13.2 Å². The zero-order chi connectivity index (χ0) is 21.8. The third-order valence-electron chi connectivity index (χ3n) is 5.21. The van der Waals surface area contributed by atoms with E-state index in [1.54, 1.807) is 36.4 Å². The van der Waals surface area contributed by atoms with E-state index in [-0.39, 0.29) is 24.5 Å². The molecule has 0 saturated carbocycles. The zero-order valence-electron chi connectivity index (χ0n) is 16.7. The van der Waals surface area contributed by atoms with Crippen molar-refractivity contribution in [1.29, 1.82) is 0 Å². The lowest BCUT2D eigenvalue weighted by Crippen LogP contribution is -2.50. The van der Waals surface area contributed by atoms with Gasteiger partial charge in [0.1, 0.15) is 11.5 Å². The minimum absolute atomic E-state index is 0.0300. The maximum Gasteiger partial charge on any atom is 0.243 e. The van der Waals surface area contributed by atoms with E-state index < -0.39 is 21.3 Å². The van der Waals surface area contributed by atoms with Gasteiger partial charge in [-0.25, -0.2) is 8.42 Å². The van der Waals surface area contributed by atoms with Gasteiger partial charge in [-0.1, -0.05) is 17.7 Å². The molecule has 0 bridgehead atoms. The molecular weight excluding hydrogens is 428 g/mol. The number of methoxy groups -OCH3 is 1. The summed E-state index contributed by atoms with van der Waals surface area (Å²) in [5, 5.41) is 0.531. The number of piperidine rings is 1. The first-order valence-corrected chi connectivity index (χ1v) is 11.4. The molecule has 3 rings (SSSR count). The van der Waals surface area contributed by atoms with E-state index in [1.165, 1.54) is 23.5 Å². The highest BCUT2D eigenvalue weighted by Gasteiger charge is 2.42. The highest BCUT2D eigenvalue weighted by atomic mass is 35.5. The number of ether oxygens (including phenoxy) is 2. The second-order valence-electron chi connectivity index (χ2n) is 7.51. The second-order valence-corrected chi connectivity index (χ2v) is 9.88. The molecule has 1 fully saturated rings. The van der Waals surface area contributed by atoms with Gasteiger partial charge in [-0.2, -0.15) is 4.31 Å². The largest absolute Gasteiger partial charge is 0.497 e. The van der Waals surface area contributed by atoms with Gasteiger partial charge in [-0.15, -0.1) is 0 Å². The van der Waals surface area contributed by atoms with Gasteiger partial charge in [0.15, 0.2) is 0 Å². The fourth-order valence-electron chi connectivity index (χ4n) is 3.74. The highest BCUT2D eigenvalue weighted by Crippen LogP contribution is 2.37. The quantitative estimate of drug-likeness (QED) is 0.663. The Morgan fingerprint density at radius 3 is 2.57 bits per heavy atom. The summed E-state index contributed by atoms with van der Waals surface area (Å²) in [6, 6.07) is 13.2. The van der Waals surface area contributed by atoms with E-state index in [0.29, 0.717) is 35.9 Å². The molecule has 1 aliphatic rings. The van der Waals surface area contributed by atoms with E-state index in [4.69, 9.17) is 26.8 Å². The average Bonchev–Trinajstić information content (AvgIpc) is 2.72. The Morgan fingerprint density at radius 2 is 1.93 bits per heavy atom. The zero-order valence-corrected chi connectivity index (χ0v) is 18.3. The third-order valence-corrected chi connectivity index (χ3v) is 7.31. The molecule has 1 aliphatic heterocycles. The van der Waals surface area contributed by atoms with Crippen LogP contribution in [0.3, 0.4) is 0 Å². The van der Waals surface area contributed by atoms with Crippen LogP contribution in [0.5, 0.6) is 11.5 Å². The molecule has 9 heteroatoms. The van der Waals surface area contributed by atoms with Crippen LogP contribution in [0.15, 0.2) is 53.4 Å². The SMILES string of the molecule is COc1ccc(S(=O)(=O)N2CCC[C@@](COc3cccc(Cl)c3)(CC(N)=O)C2)cc1. The molecule has 7 nitrogen and oxygen atoms in total. The minimum atomic E-state index is -3.73. The van der Waals surface area contributed by atoms with Crippen LogP contribution in [0, 0.1) is 5.41 Å². The normalized spacial score (nSPS) is 19.9. The predicted molar refractivity (Wildman–Crippen MR) is 114 cm³/mol. The summed E-state index contributed by atoms with van der Waals surface area (Å²) in [6.07, 6.45) is 1.26. The number of primary amides is 1. The molecule has 2 N–H and O–H groups in total. The molecule has 30 heavy (non-hydrogen) atoms. The Hall–Kier alpha value is -2.29. The Balaban J connectivity index is 1.82. The van der Waals surface area contributed by atoms with Gasteiger partial charge in [0.25, 0.3) is 0 Å². The van der Waals surface area contributed by atoms with Crippen molar-refractivity contribution in [3.63, 3.8) is 0 Å². The molecule has 2 aromatic carbocycles. The van der Waals surface area contributed by atoms with E-state index in [1.807, 2.05) is 0 Å². The summed E-state index contributed by atoms with van der Waals surface area (Å²) >= 11 is 6.01. The first kappa shape index (κ1) is 22.4. The van der Waals surface area contributed by atoms with Crippen molar-refractivity contribution in [2.45, 2.75) is 24.2 Å². The summed E-state index contributed by atoms with van der Waals surface area (Å²) in [4.78, 5) is 12.0. The van der Waals surface area contributed by atoms with Crippen LogP contribution in [0.1, 0.15) is 19.3 Å². The van der Waals surface area contributed by atoms with Crippen LogP contribution < -0.4 is 15.2 Å². The van der Waals surface area contributed by atoms with Crippen LogP contribution in [-0.2, 0) is 14.8 Å². The molecule has 0 radical (unpaired) electrons. The standard InChI is InChI=1S/C21H25ClN2O5S/c1-28-17-6-8-19(9-7-17)30(26,27)24-11-3-10-21(14-24,13-20(23)25)15-29-18-5-2-4-16(22)12-18/h2,4-9,12H,3,10-11,13-15H2,1H3,(H2,23,25)/t21-/m1/s1. The smallest absolute Gasteiger partial charge is 0.243 e. The lowest BCUT2D eigenvalue weighted by Gasteiger charge is -2.41. The number of amides is 1. The number of benzene rings is 2. The molecule has 1 atom stereocenters. The van der Waals surface area contributed by atoms with Crippen molar-refractivity contribution >= 4 is 27.5 Å². The Labute approximate surface area is 181 Å². The molecule has 0 aliphatic carbocycles. The van der Waals surface area contributed by atoms with Crippen molar-refractivity contribution in [3.05, 3.63) is 53.6 Å². The van der Waals surface area contributed by atoms with Crippen LogP contribution >= 0.6 is 11.6 Å². The lowest BCUT2D eigenvalue weighted by molar-refractivity contribution is -0.121. The molecule has 162 valence electrons. The van der Waals surface area contributed by atoms with Gasteiger partial charge in [0.05, 0.1) is 18.6 Å². The van der Waals surface area contributed by atoms with Gasteiger partial charge in [0.2, 0.25) is 15.9 Å². The number of carbonyl (C=O) groups excluding carboxylic acids is 1. The van der Waals surface area contributed by atoms with Crippen molar-refractivity contribution in [3.8, 4) is 11.5 Å². The van der Waals surface area contributed by atoms with E-state index in [2.05, 4.69) is 0 Å². The lowest BCUT2D eigenvalue weighted by atomic mass is 9.78. The van der Waals surface area contributed by atoms with Crippen molar-refractivity contribution in [1.82, 2.24) is 4.31 Å². The molecular formula is C21H25ClN2O5S. The average molecular weight is 453 g/mol. The van der Waals surface area contributed by atoms with Crippen LogP contribution in [0.2, 0.25) is 5.02 Å². The fraction of sp³-hybridized carbons (Fsp3) is 0.381. The van der Waals surface area contributed by atoms with Gasteiger partial charge in [-0.3, -0.25) is 4.79 Å². The first-order valence-electron chi connectivity index (χ1n) is 9.55. The van der Waals surface area contributed by atoms with E-state index in [0.717, 1.165) is 0 Å². The second kappa shape index (κ2) is 9.24. The highest BCUT2D eigenvalue weighted by molar-refractivity contribution is 7.89. The molecule has 1 amide bonds. The Morgan fingerprint density at radius 1 is 1.20 bits per heavy atom. The number of hydrogen-bond donors (Lipinski definition) is 1. The Kier molecular flexibility index (Phi) is 6.90. The number of nitrogens with zero attached hydrogens (tertiary/aromatic N) is 1. The number of hydrogen-bond acceptors (Lipinski definition) is 5. The first-order chi connectivity index (χ1) is 14.2. The van der Waals surface area contributed by atoms with Crippen LogP contribution in [-0.4, -0.2) is 45.4 Å². The van der Waals surface area contributed by atoms with Crippen molar-refractivity contribution in [2.24, 2.45) is 11.1 Å². The topological polar surface area (TPSA) is 98.9 Å². The summed E-state index contributed by atoms with van der Waals surface area (Å²) < 4.78 is 38.8. The fourth-order valence-corrected chi connectivity index (χ4v) is 5.51. The van der Waals surface area contributed by atoms with Crippen molar-refractivity contribution in [2.75, 3.05) is 26.8 Å². The maximum atomic E-state index is 13.2. The van der Waals surface area contributed by atoms with Crippen molar-refractivity contribution < 1.29 is 22.7 Å². The molecule has 0 aromatic heterocycles. The minimum Gasteiger partial charge on any atom is -0.497 e. The Bertz CT molecular complexity index is 997. The summed E-state index contributed by atoms with van der Waals surface area (Å²) in [5.74, 6) is 0.639. The van der Waals surface area contributed by atoms with Gasteiger partial charge in [0, 0.05) is 29.9 Å². The molecule has 2 aromatic rings. The van der Waals surface area contributed by atoms with Gasteiger partial charge >= 0.3 is 0 Å². The van der Waals surface area contributed by atoms with E-state index >= 15 is 0 Å². The summed E-state index contributed by atoms with van der Waals surface area (Å²) in [5.41, 5.74) is 4.79. The van der Waals surface area contributed by atoms with Gasteiger partial charge < -0.3 is 15.2 Å². The van der Waals surface area contributed by atoms with Crippen LogP contribution in [0.4, 0.5) is 0 Å². The summed E-state index contributed by atoms with van der Waals surface area (Å²) in [6.45, 7) is 0.668. The number of sulfonamides is 1. The maximum absolute atomic E-state index is 13.2. The molecule has 1 saturated heterocycles. The molecule has 0 unspecified atom stereocenters. The number of carbonyl (C=O) groups is 1. The number of halogens is 1. The van der Waals surface area contributed by atoms with Crippen LogP contribution in [0.25, 0.3) is 0 Å². The molecule has 0 spiro atoms.